The van der Waals surface area contributed by atoms with Gasteiger partial charge in [0.25, 0.3) is 0 Å². The predicted octanol–water partition coefficient (Wildman–Crippen LogP) is 4.92. The largest absolute Gasteiger partial charge is 0.383 e. The Hall–Kier alpha value is -4.04. The van der Waals surface area contributed by atoms with Crippen molar-refractivity contribution in [2.75, 3.05) is 11.1 Å². The van der Waals surface area contributed by atoms with Crippen LogP contribution in [-0.2, 0) is 13.1 Å². The van der Waals surface area contributed by atoms with E-state index < -0.39 is 5.82 Å². The molecule has 5 rings (SSSR count). The number of fused-ring (bicyclic) bond motifs is 1. The molecule has 3 N–H and O–H groups in total. The van der Waals surface area contributed by atoms with Crippen LogP contribution in [0.25, 0.3) is 22.3 Å². The van der Waals surface area contributed by atoms with Crippen LogP contribution >= 0.6 is 11.6 Å². The lowest BCUT2D eigenvalue weighted by atomic mass is 10.1. The van der Waals surface area contributed by atoms with Crippen LogP contribution in [0.1, 0.15) is 11.3 Å². The summed E-state index contributed by atoms with van der Waals surface area (Å²) in [6, 6.07) is 20.0. The highest BCUT2D eigenvalue weighted by atomic mass is 35.5. The molecule has 0 saturated carbocycles. The van der Waals surface area contributed by atoms with E-state index in [2.05, 4.69) is 25.4 Å². The second-order valence-electron chi connectivity index (χ2n) is 7.43. The Bertz CT molecular complexity index is 1420. The number of halogens is 2. The predicted molar refractivity (Wildman–Crippen MR) is 127 cm³/mol. The molecule has 5 aromatic rings. The van der Waals surface area contributed by atoms with Gasteiger partial charge in [-0.3, -0.25) is 4.98 Å². The van der Waals surface area contributed by atoms with Crippen molar-refractivity contribution in [3.05, 3.63) is 95.0 Å². The van der Waals surface area contributed by atoms with Crippen molar-refractivity contribution in [1.29, 1.82) is 0 Å². The molecule has 33 heavy (non-hydrogen) atoms. The lowest BCUT2D eigenvalue weighted by Crippen LogP contribution is -2.06. The number of nitrogens with two attached hydrogens (primary N) is 1. The van der Waals surface area contributed by atoms with E-state index in [0.29, 0.717) is 47.1 Å². The van der Waals surface area contributed by atoms with Crippen molar-refractivity contribution in [2.24, 2.45) is 0 Å². The summed E-state index contributed by atoms with van der Waals surface area (Å²) in [4.78, 5) is 13.6. The van der Waals surface area contributed by atoms with E-state index in [9.17, 15) is 4.39 Å². The number of pyridine rings is 1. The smallest absolute Gasteiger partial charge is 0.225 e. The van der Waals surface area contributed by atoms with Crippen LogP contribution in [0.5, 0.6) is 0 Å². The maximum Gasteiger partial charge on any atom is 0.225 e. The molecule has 0 radical (unpaired) electrons. The van der Waals surface area contributed by atoms with Gasteiger partial charge in [-0.2, -0.15) is 4.98 Å². The van der Waals surface area contributed by atoms with E-state index >= 15 is 0 Å². The molecule has 3 aromatic heterocycles. The van der Waals surface area contributed by atoms with Crippen LogP contribution in [0, 0.1) is 5.82 Å². The topological polar surface area (TPSA) is 94.5 Å². The average Bonchev–Trinajstić information content (AvgIpc) is 3.15. The van der Waals surface area contributed by atoms with Crippen LogP contribution < -0.4 is 11.1 Å². The quantitative estimate of drug-likeness (QED) is 0.374. The zero-order valence-corrected chi connectivity index (χ0v) is 18.2. The molecule has 0 unspecified atom stereocenters. The fraction of sp³-hybridized carbons (Fsp3) is 0.0833. The molecule has 0 fully saturated rings. The van der Waals surface area contributed by atoms with Gasteiger partial charge < -0.3 is 11.1 Å². The highest BCUT2D eigenvalue weighted by Gasteiger charge is 2.19. The summed E-state index contributed by atoms with van der Waals surface area (Å²) in [5, 5.41) is 8.39. The van der Waals surface area contributed by atoms with Crippen LogP contribution in [0.3, 0.4) is 0 Å². The van der Waals surface area contributed by atoms with Gasteiger partial charge in [0.15, 0.2) is 5.65 Å². The first kappa shape index (κ1) is 20.8. The first-order valence-corrected chi connectivity index (χ1v) is 10.6. The Morgan fingerprint density at radius 2 is 1.82 bits per heavy atom. The fourth-order valence-corrected chi connectivity index (χ4v) is 3.72. The summed E-state index contributed by atoms with van der Waals surface area (Å²) >= 11 is 6.05. The normalized spacial score (nSPS) is 11.1. The number of aromatic nitrogens is 5. The van der Waals surface area contributed by atoms with Crippen molar-refractivity contribution in [3.8, 4) is 11.3 Å². The van der Waals surface area contributed by atoms with Crippen molar-refractivity contribution >= 4 is 34.4 Å². The Kier molecular flexibility index (Phi) is 5.58. The maximum absolute atomic E-state index is 13.8. The molecule has 0 aliphatic rings. The lowest BCUT2D eigenvalue weighted by molar-refractivity contribution is 0.628. The van der Waals surface area contributed by atoms with Gasteiger partial charge in [-0.05, 0) is 35.9 Å². The van der Waals surface area contributed by atoms with E-state index in [1.54, 1.807) is 16.9 Å². The third-order valence-electron chi connectivity index (χ3n) is 5.16. The molecule has 2 aromatic carbocycles. The monoisotopic (exact) mass is 459 g/mol. The molecule has 0 amide bonds. The van der Waals surface area contributed by atoms with Crippen molar-refractivity contribution in [2.45, 2.75) is 13.1 Å². The molecule has 3 heterocycles. The second kappa shape index (κ2) is 8.84. The molecular weight excluding hydrogens is 441 g/mol. The SMILES string of the molecule is Nc1c2c(-c3ccc(F)c(Cl)c3)nc(NCc3ccccn3)nc2nn1Cc1ccccc1. The summed E-state index contributed by atoms with van der Waals surface area (Å²) in [6.07, 6.45) is 1.72. The highest BCUT2D eigenvalue weighted by Crippen LogP contribution is 2.33. The van der Waals surface area contributed by atoms with Gasteiger partial charge in [0.1, 0.15) is 11.6 Å². The van der Waals surface area contributed by atoms with Gasteiger partial charge >= 0.3 is 0 Å². The number of nitrogen functional groups attached to an aromatic ring is 1. The highest BCUT2D eigenvalue weighted by molar-refractivity contribution is 6.31. The van der Waals surface area contributed by atoms with Crippen molar-refractivity contribution in [1.82, 2.24) is 24.7 Å². The minimum Gasteiger partial charge on any atom is -0.383 e. The van der Waals surface area contributed by atoms with Gasteiger partial charge in [-0.15, -0.1) is 5.10 Å². The van der Waals surface area contributed by atoms with Crippen molar-refractivity contribution in [3.63, 3.8) is 0 Å². The van der Waals surface area contributed by atoms with E-state index in [4.69, 9.17) is 17.3 Å². The van der Waals surface area contributed by atoms with Gasteiger partial charge in [-0.1, -0.05) is 48.0 Å². The third kappa shape index (κ3) is 4.33. The summed E-state index contributed by atoms with van der Waals surface area (Å²) in [5.74, 6) is 0.264. The first-order valence-electron chi connectivity index (χ1n) is 10.3. The molecule has 0 spiro atoms. The Balaban J connectivity index is 1.61. The first-order chi connectivity index (χ1) is 16.1. The van der Waals surface area contributed by atoms with Gasteiger partial charge in [0.05, 0.1) is 34.9 Å². The number of hydrogen-bond donors (Lipinski definition) is 2. The lowest BCUT2D eigenvalue weighted by Gasteiger charge is -2.09. The standard InChI is InChI=1S/C24H19ClFN7/c25-18-12-16(9-10-19(18)26)21-20-22(27)33(14-15-6-2-1-3-7-15)32-23(20)31-24(30-21)29-13-17-8-4-5-11-28-17/h1-12H,13-14,27H2,(H,29,31,32). The fourth-order valence-electron chi connectivity index (χ4n) is 3.53. The molecule has 0 aliphatic carbocycles. The van der Waals surface area contributed by atoms with E-state index in [0.717, 1.165) is 11.3 Å². The zero-order valence-electron chi connectivity index (χ0n) is 17.4. The summed E-state index contributed by atoms with van der Waals surface area (Å²) in [5.41, 5.74) is 9.93. The van der Waals surface area contributed by atoms with Gasteiger partial charge in [-0.25, -0.2) is 14.1 Å². The molecule has 164 valence electrons. The molecule has 0 atom stereocenters. The summed E-state index contributed by atoms with van der Waals surface area (Å²) in [6.45, 7) is 0.902. The number of nitrogens with one attached hydrogen (secondary N) is 1. The van der Waals surface area contributed by atoms with E-state index in [1.807, 2.05) is 48.5 Å². The van der Waals surface area contributed by atoms with Crippen LogP contribution in [0.2, 0.25) is 5.02 Å². The Labute approximate surface area is 194 Å². The van der Waals surface area contributed by atoms with Crippen LogP contribution in [0.4, 0.5) is 16.2 Å². The molecular formula is C24H19ClFN7. The number of benzene rings is 2. The minimum absolute atomic E-state index is 0.00231. The van der Waals surface area contributed by atoms with E-state index in [-0.39, 0.29) is 5.02 Å². The Morgan fingerprint density at radius 3 is 2.58 bits per heavy atom. The van der Waals surface area contributed by atoms with Gasteiger partial charge in [0.2, 0.25) is 5.95 Å². The van der Waals surface area contributed by atoms with E-state index in [1.165, 1.54) is 12.1 Å². The maximum atomic E-state index is 13.8. The number of hydrogen-bond acceptors (Lipinski definition) is 6. The molecule has 9 heteroatoms. The summed E-state index contributed by atoms with van der Waals surface area (Å²) in [7, 11) is 0. The Morgan fingerprint density at radius 1 is 1.00 bits per heavy atom. The van der Waals surface area contributed by atoms with Crippen molar-refractivity contribution < 1.29 is 4.39 Å². The van der Waals surface area contributed by atoms with Gasteiger partial charge in [0, 0.05) is 11.8 Å². The molecule has 7 nitrogen and oxygen atoms in total. The van der Waals surface area contributed by atoms with Crippen LogP contribution in [0.15, 0.2) is 72.9 Å². The molecule has 0 bridgehead atoms. The molecule has 0 saturated heterocycles. The zero-order chi connectivity index (χ0) is 22.8. The molecule has 0 aliphatic heterocycles. The van der Waals surface area contributed by atoms with Crippen LogP contribution in [-0.4, -0.2) is 24.7 Å². The average molecular weight is 460 g/mol. The second-order valence-corrected chi connectivity index (χ2v) is 7.83. The third-order valence-corrected chi connectivity index (χ3v) is 5.45. The minimum atomic E-state index is -0.507. The number of anilines is 2. The summed E-state index contributed by atoms with van der Waals surface area (Å²) < 4.78 is 15.5. The number of nitrogens with zero attached hydrogens (tertiary/aromatic N) is 5. The number of rotatable bonds is 6.